The van der Waals surface area contributed by atoms with E-state index in [0.717, 1.165) is 10.0 Å². The summed E-state index contributed by atoms with van der Waals surface area (Å²) in [7, 11) is 1.62. The summed E-state index contributed by atoms with van der Waals surface area (Å²) in [6.07, 6.45) is 3.03. The Morgan fingerprint density at radius 1 is 1.43 bits per heavy atom. The molecule has 1 aliphatic rings. The number of hydrogen-bond donors (Lipinski definition) is 2. The first-order chi connectivity index (χ1) is 11.1. The van der Waals surface area contributed by atoms with Gasteiger partial charge in [-0.15, -0.1) is 0 Å². The van der Waals surface area contributed by atoms with Gasteiger partial charge in [0, 0.05) is 39.1 Å². The van der Waals surface area contributed by atoms with E-state index in [1.165, 1.54) is 0 Å². The zero-order valence-electron chi connectivity index (χ0n) is 13.4. The Kier molecular flexibility index (Phi) is 6.89. The lowest BCUT2D eigenvalue weighted by atomic mass is 9.94. The summed E-state index contributed by atoms with van der Waals surface area (Å²) < 4.78 is 17.1. The third kappa shape index (κ3) is 5.21. The first kappa shape index (κ1) is 18.3. The molecular weight excluding hydrogens is 362 g/mol. The molecule has 0 bridgehead atoms. The number of rotatable bonds is 8. The molecule has 1 heterocycles. The number of aliphatic hydroxyl groups is 1. The van der Waals surface area contributed by atoms with Gasteiger partial charge in [-0.2, -0.15) is 0 Å². The molecule has 2 rings (SSSR count). The van der Waals surface area contributed by atoms with Crippen molar-refractivity contribution in [1.82, 2.24) is 5.32 Å². The topological polar surface area (TPSA) is 60.0 Å². The van der Waals surface area contributed by atoms with Crippen molar-refractivity contribution in [1.29, 1.82) is 0 Å². The van der Waals surface area contributed by atoms with Gasteiger partial charge in [0.1, 0.15) is 6.61 Å². The van der Waals surface area contributed by atoms with E-state index in [9.17, 15) is 5.11 Å². The minimum absolute atomic E-state index is 0.418. The maximum absolute atomic E-state index is 10.4. The molecule has 128 valence electrons. The van der Waals surface area contributed by atoms with Crippen LogP contribution in [0.1, 0.15) is 18.4 Å². The molecule has 5 nitrogen and oxygen atoms in total. The quantitative estimate of drug-likeness (QED) is 0.673. The Bertz CT molecular complexity index is 530. The van der Waals surface area contributed by atoms with Crippen LogP contribution >= 0.6 is 15.9 Å². The molecule has 1 aromatic rings. The first-order valence-corrected chi connectivity index (χ1v) is 8.48. The van der Waals surface area contributed by atoms with E-state index >= 15 is 0 Å². The maximum atomic E-state index is 10.4. The molecule has 0 saturated carbocycles. The van der Waals surface area contributed by atoms with Crippen LogP contribution in [-0.4, -0.2) is 44.2 Å². The second-order valence-electron chi connectivity index (χ2n) is 5.65. The predicted molar refractivity (Wildman–Crippen MR) is 93.1 cm³/mol. The molecule has 1 aliphatic heterocycles. The normalized spacial score (nSPS) is 16.8. The zero-order chi connectivity index (χ0) is 16.7. The Balaban J connectivity index is 1.97. The van der Waals surface area contributed by atoms with Crippen molar-refractivity contribution in [2.45, 2.75) is 25.0 Å². The van der Waals surface area contributed by atoms with Crippen molar-refractivity contribution in [3.63, 3.8) is 0 Å². The largest absolute Gasteiger partial charge is 0.493 e. The number of benzene rings is 1. The zero-order valence-corrected chi connectivity index (χ0v) is 15.0. The number of halogens is 1. The number of nitrogens with one attached hydrogen (secondary N) is 1. The molecule has 0 unspecified atom stereocenters. The third-order valence-electron chi connectivity index (χ3n) is 3.84. The fourth-order valence-corrected chi connectivity index (χ4v) is 3.13. The summed E-state index contributed by atoms with van der Waals surface area (Å²) in [5.74, 6) is 1.34. The van der Waals surface area contributed by atoms with E-state index in [-0.39, 0.29) is 0 Å². The lowest BCUT2D eigenvalue weighted by Gasteiger charge is -2.32. The molecule has 0 spiro atoms. The molecule has 0 aliphatic carbocycles. The average molecular weight is 386 g/mol. The van der Waals surface area contributed by atoms with Crippen molar-refractivity contribution in [3.8, 4) is 11.5 Å². The molecule has 6 heteroatoms. The van der Waals surface area contributed by atoms with Crippen LogP contribution in [0.4, 0.5) is 0 Å². The molecule has 0 aromatic heterocycles. The molecule has 0 amide bonds. The van der Waals surface area contributed by atoms with Crippen LogP contribution in [0.5, 0.6) is 11.5 Å². The van der Waals surface area contributed by atoms with Gasteiger partial charge in [0.25, 0.3) is 0 Å². The van der Waals surface area contributed by atoms with Crippen molar-refractivity contribution < 1.29 is 19.3 Å². The van der Waals surface area contributed by atoms with Crippen LogP contribution in [0.15, 0.2) is 29.3 Å². The molecular formula is C17H24BrNO4. The highest BCUT2D eigenvalue weighted by molar-refractivity contribution is 9.10. The van der Waals surface area contributed by atoms with Gasteiger partial charge in [-0.05, 0) is 33.6 Å². The Morgan fingerprint density at radius 3 is 2.83 bits per heavy atom. The Morgan fingerprint density at radius 2 is 2.17 bits per heavy atom. The number of ether oxygens (including phenoxy) is 3. The van der Waals surface area contributed by atoms with Gasteiger partial charge in [0.15, 0.2) is 11.5 Å². The second-order valence-corrected chi connectivity index (χ2v) is 6.50. The summed E-state index contributed by atoms with van der Waals surface area (Å²) in [6, 6.07) is 3.92. The minimum atomic E-state index is -0.674. The molecule has 1 saturated heterocycles. The highest BCUT2D eigenvalue weighted by Crippen LogP contribution is 2.36. The highest BCUT2D eigenvalue weighted by atomic mass is 79.9. The molecule has 1 aromatic carbocycles. The summed E-state index contributed by atoms with van der Waals surface area (Å²) in [4.78, 5) is 0. The molecule has 23 heavy (non-hydrogen) atoms. The van der Waals surface area contributed by atoms with E-state index in [2.05, 4.69) is 27.8 Å². The van der Waals surface area contributed by atoms with Crippen molar-refractivity contribution in [3.05, 3.63) is 34.8 Å². The van der Waals surface area contributed by atoms with Gasteiger partial charge < -0.3 is 24.6 Å². The molecule has 2 N–H and O–H groups in total. The Hall–Kier alpha value is -1.08. The number of hydrogen-bond acceptors (Lipinski definition) is 5. The summed E-state index contributed by atoms with van der Waals surface area (Å²) >= 11 is 3.52. The fourth-order valence-electron chi connectivity index (χ4n) is 2.53. The van der Waals surface area contributed by atoms with E-state index in [0.29, 0.717) is 57.3 Å². The van der Waals surface area contributed by atoms with Crippen LogP contribution < -0.4 is 14.8 Å². The maximum Gasteiger partial charge on any atom is 0.175 e. The van der Waals surface area contributed by atoms with Crippen LogP contribution in [0.3, 0.4) is 0 Å². The van der Waals surface area contributed by atoms with Crippen molar-refractivity contribution in [2.75, 3.05) is 33.5 Å². The molecule has 0 radical (unpaired) electrons. The van der Waals surface area contributed by atoms with E-state index in [1.54, 1.807) is 13.2 Å². The van der Waals surface area contributed by atoms with Gasteiger partial charge in [0.05, 0.1) is 17.2 Å². The van der Waals surface area contributed by atoms with Gasteiger partial charge in [-0.3, -0.25) is 0 Å². The predicted octanol–water partition coefficient (Wildman–Crippen LogP) is 2.65. The first-order valence-electron chi connectivity index (χ1n) is 7.69. The van der Waals surface area contributed by atoms with Gasteiger partial charge in [-0.25, -0.2) is 0 Å². The minimum Gasteiger partial charge on any atom is -0.493 e. The smallest absolute Gasteiger partial charge is 0.175 e. The summed E-state index contributed by atoms with van der Waals surface area (Å²) in [5, 5.41) is 13.8. The standard InChI is InChI=1S/C17H24BrNO4/c1-3-6-23-16-14(18)9-13(10-15(16)21-2)11-19-12-17(20)4-7-22-8-5-17/h3,9-10,19-20H,1,4-8,11-12H2,2H3. The summed E-state index contributed by atoms with van der Waals surface area (Å²) in [5.41, 5.74) is 0.377. The molecule has 1 fully saturated rings. The van der Waals surface area contributed by atoms with Crippen LogP contribution in [0.25, 0.3) is 0 Å². The fraction of sp³-hybridized carbons (Fsp3) is 0.529. The van der Waals surface area contributed by atoms with E-state index in [1.807, 2.05) is 12.1 Å². The third-order valence-corrected chi connectivity index (χ3v) is 4.43. The van der Waals surface area contributed by atoms with Crippen LogP contribution in [-0.2, 0) is 11.3 Å². The van der Waals surface area contributed by atoms with Crippen LogP contribution in [0.2, 0.25) is 0 Å². The lowest BCUT2D eigenvalue weighted by molar-refractivity contribution is -0.0617. The SMILES string of the molecule is C=CCOc1c(Br)cc(CNCC2(O)CCOCC2)cc1OC. The van der Waals surface area contributed by atoms with Gasteiger partial charge >= 0.3 is 0 Å². The van der Waals surface area contributed by atoms with E-state index in [4.69, 9.17) is 14.2 Å². The van der Waals surface area contributed by atoms with Gasteiger partial charge in [-0.1, -0.05) is 12.7 Å². The highest BCUT2D eigenvalue weighted by Gasteiger charge is 2.29. The lowest BCUT2D eigenvalue weighted by Crippen LogP contribution is -2.44. The van der Waals surface area contributed by atoms with Gasteiger partial charge in [0.2, 0.25) is 0 Å². The Labute approximate surface area is 145 Å². The van der Waals surface area contributed by atoms with Crippen molar-refractivity contribution in [2.24, 2.45) is 0 Å². The average Bonchev–Trinajstić information content (AvgIpc) is 2.54. The number of methoxy groups -OCH3 is 1. The van der Waals surface area contributed by atoms with Crippen LogP contribution in [0, 0.1) is 0 Å². The summed E-state index contributed by atoms with van der Waals surface area (Å²) in [6.45, 7) is 6.49. The van der Waals surface area contributed by atoms with E-state index < -0.39 is 5.60 Å². The molecule has 0 atom stereocenters. The van der Waals surface area contributed by atoms with Crippen molar-refractivity contribution >= 4 is 15.9 Å². The monoisotopic (exact) mass is 385 g/mol. The second kappa shape index (κ2) is 8.68.